The number of aryl methyl sites for hydroxylation is 1. The van der Waals surface area contributed by atoms with Gasteiger partial charge in [0.05, 0.1) is 16.9 Å². The molecule has 0 N–H and O–H groups in total. The third-order valence-electron chi connectivity index (χ3n) is 4.30. The van der Waals surface area contributed by atoms with Gasteiger partial charge in [-0.3, -0.25) is 9.59 Å². The van der Waals surface area contributed by atoms with Gasteiger partial charge in [-0.25, -0.2) is 0 Å². The molecule has 1 heterocycles. The molecular formula is C20H15ClO4. The van der Waals surface area contributed by atoms with Gasteiger partial charge in [0, 0.05) is 11.1 Å². The van der Waals surface area contributed by atoms with Crippen LogP contribution in [0.25, 0.3) is 22.1 Å². The summed E-state index contributed by atoms with van der Waals surface area (Å²) in [6.07, 6.45) is 1.76. The lowest BCUT2D eigenvalue weighted by atomic mass is 10.0. The molecule has 2 aromatic carbocycles. The second kappa shape index (κ2) is 6.05. The van der Waals surface area contributed by atoms with Gasteiger partial charge < -0.3 is 9.15 Å². The van der Waals surface area contributed by atoms with Crippen LogP contribution in [0, 0.1) is 12.8 Å². The highest BCUT2D eigenvalue weighted by atomic mass is 35.5. The van der Waals surface area contributed by atoms with E-state index < -0.39 is 0 Å². The third kappa shape index (κ3) is 3.05. The molecule has 126 valence electrons. The first kappa shape index (κ1) is 15.9. The number of ether oxygens (including phenoxy) is 1. The first-order valence-electron chi connectivity index (χ1n) is 8.08. The zero-order valence-electron chi connectivity index (χ0n) is 13.5. The van der Waals surface area contributed by atoms with Crippen LogP contribution in [0.15, 0.2) is 51.7 Å². The van der Waals surface area contributed by atoms with Crippen LogP contribution in [0.2, 0.25) is 5.02 Å². The molecule has 1 saturated carbocycles. The lowest BCUT2D eigenvalue weighted by Gasteiger charge is -2.09. The molecule has 1 aromatic heterocycles. The van der Waals surface area contributed by atoms with Crippen molar-refractivity contribution in [2.24, 2.45) is 5.92 Å². The first-order valence-corrected chi connectivity index (χ1v) is 8.46. The summed E-state index contributed by atoms with van der Waals surface area (Å²) in [6.45, 7) is 1.74. The summed E-state index contributed by atoms with van der Waals surface area (Å²) < 4.78 is 11.2. The van der Waals surface area contributed by atoms with Crippen LogP contribution in [-0.2, 0) is 4.79 Å². The van der Waals surface area contributed by atoms with Crippen LogP contribution >= 0.6 is 11.6 Å². The average molecular weight is 355 g/mol. The van der Waals surface area contributed by atoms with E-state index in [-0.39, 0.29) is 17.3 Å². The van der Waals surface area contributed by atoms with Crippen molar-refractivity contribution in [2.75, 3.05) is 0 Å². The molecular weight excluding hydrogens is 340 g/mol. The zero-order valence-corrected chi connectivity index (χ0v) is 14.3. The van der Waals surface area contributed by atoms with Crippen molar-refractivity contribution >= 4 is 28.5 Å². The molecule has 0 spiro atoms. The first-order chi connectivity index (χ1) is 12.0. The van der Waals surface area contributed by atoms with Gasteiger partial charge >= 0.3 is 5.97 Å². The number of carbonyl (C=O) groups excluding carboxylic acids is 1. The standard InChI is InChI=1S/C20H15ClO4/c1-11-18(12-4-6-14(21)7-5-12)19(22)16-9-8-15(10-17(16)24-11)25-20(23)13-2-3-13/h4-10,13H,2-3H2,1H3. The fourth-order valence-electron chi connectivity index (χ4n) is 2.82. The second-order valence-corrected chi connectivity index (χ2v) is 6.66. The molecule has 1 aliphatic carbocycles. The summed E-state index contributed by atoms with van der Waals surface area (Å²) in [5, 5.41) is 1.05. The van der Waals surface area contributed by atoms with Crippen molar-refractivity contribution in [1.82, 2.24) is 0 Å². The van der Waals surface area contributed by atoms with Gasteiger partial charge in [-0.2, -0.15) is 0 Å². The Labute approximate surface area is 149 Å². The van der Waals surface area contributed by atoms with E-state index in [1.807, 2.05) is 0 Å². The van der Waals surface area contributed by atoms with Crippen LogP contribution in [0.3, 0.4) is 0 Å². The van der Waals surface area contributed by atoms with Gasteiger partial charge in [-0.1, -0.05) is 23.7 Å². The zero-order chi connectivity index (χ0) is 17.6. The van der Waals surface area contributed by atoms with Gasteiger partial charge in [0.2, 0.25) is 5.43 Å². The van der Waals surface area contributed by atoms with E-state index >= 15 is 0 Å². The summed E-state index contributed by atoms with van der Waals surface area (Å²) in [5.41, 5.74) is 1.54. The Bertz CT molecular complexity index is 1030. The molecule has 0 aliphatic heterocycles. The molecule has 1 aliphatic rings. The van der Waals surface area contributed by atoms with Crippen molar-refractivity contribution in [2.45, 2.75) is 19.8 Å². The molecule has 1 fully saturated rings. The summed E-state index contributed by atoms with van der Waals surface area (Å²) in [4.78, 5) is 24.7. The maximum Gasteiger partial charge on any atom is 0.314 e. The molecule has 0 unspecified atom stereocenters. The minimum Gasteiger partial charge on any atom is -0.460 e. The van der Waals surface area contributed by atoms with Crippen LogP contribution < -0.4 is 10.2 Å². The number of carbonyl (C=O) groups is 1. The van der Waals surface area contributed by atoms with Crippen molar-refractivity contribution in [1.29, 1.82) is 0 Å². The molecule has 3 aromatic rings. The number of benzene rings is 2. The normalized spacial score (nSPS) is 13.8. The van der Waals surface area contributed by atoms with E-state index in [0.717, 1.165) is 18.4 Å². The molecule has 5 heteroatoms. The molecule has 4 nitrogen and oxygen atoms in total. The van der Waals surface area contributed by atoms with Gasteiger partial charge in [0.25, 0.3) is 0 Å². The van der Waals surface area contributed by atoms with E-state index in [4.69, 9.17) is 20.8 Å². The number of hydrogen-bond donors (Lipinski definition) is 0. The molecule has 0 bridgehead atoms. The van der Waals surface area contributed by atoms with E-state index in [1.54, 1.807) is 49.4 Å². The van der Waals surface area contributed by atoms with Crippen LogP contribution in [0.5, 0.6) is 5.75 Å². The van der Waals surface area contributed by atoms with E-state index in [9.17, 15) is 9.59 Å². The molecule has 0 atom stereocenters. The maximum absolute atomic E-state index is 12.9. The van der Waals surface area contributed by atoms with E-state index in [0.29, 0.717) is 33.1 Å². The van der Waals surface area contributed by atoms with Gasteiger partial charge in [-0.05, 0) is 49.6 Å². The Morgan fingerprint density at radius 1 is 1.16 bits per heavy atom. The Morgan fingerprint density at radius 2 is 1.88 bits per heavy atom. The predicted octanol–water partition coefficient (Wildman–Crippen LogP) is 4.74. The third-order valence-corrected chi connectivity index (χ3v) is 4.55. The van der Waals surface area contributed by atoms with Crippen LogP contribution in [0.4, 0.5) is 0 Å². The lowest BCUT2D eigenvalue weighted by Crippen LogP contribution is -2.11. The van der Waals surface area contributed by atoms with Crippen LogP contribution in [-0.4, -0.2) is 5.97 Å². The lowest BCUT2D eigenvalue weighted by molar-refractivity contribution is -0.135. The number of hydrogen-bond acceptors (Lipinski definition) is 4. The molecule has 0 radical (unpaired) electrons. The minimum absolute atomic E-state index is 0.0109. The van der Waals surface area contributed by atoms with Crippen molar-refractivity contribution in [3.8, 4) is 16.9 Å². The van der Waals surface area contributed by atoms with E-state index in [1.165, 1.54) is 0 Å². The Kier molecular flexibility index (Phi) is 3.85. The second-order valence-electron chi connectivity index (χ2n) is 6.22. The quantitative estimate of drug-likeness (QED) is 0.503. The number of halogens is 1. The predicted molar refractivity (Wildman–Crippen MR) is 96.0 cm³/mol. The molecule has 0 amide bonds. The largest absolute Gasteiger partial charge is 0.460 e. The fourth-order valence-corrected chi connectivity index (χ4v) is 2.94. The highest BCUT2D eigenvalue weighted by molar-refractivity contribution is 6.30. The van der Waals surface area contributed by atoms with Crippen LogP contribution in [0.1, 0.15) is 18.6 Å². The summed E-state index contributed by atoms with van der Waals surface area (Å²) >= 11 is 5.92. The summed E-state index contributed by atoms with van der Waals surface area (Å²) in [6, 6.07) is 11.9. The summed E-state index contributed by atoms with van der Waals surface area (Å²) in [5.74, 6) is 0.685. The smallest absolute Gasteiger partial charge is 0.314 e. The van der Waals surface area contributed by atoms with Crippen molar-refractivity contribution in [3.63, 3.8) is 0 Å². The molecule has 25 heavy (non-hydrogen) atoms. The van der Waals surface area contributed by atoms with E-state index in [2.05, 4.69) is 0 Å². The monoisotopic (exact) mass is 354 g/mol. The molecule has 4 rings (SSSR count). The number of fused-ring (bicyclic) bond motifs is 1. The summed E-state index contributed by atoms with van der Waals surface area (Å²) in [7, 11) is 0. The fraction of sp³-hybridized carbons (Fsp3) is 0.200. The average Bonchev–Trinajstić information content (AvgIpc) is 3.41. The Hall–Kier alpha value is -2.59. The SMILES string of the molecule is Cc1oc2cc(OC(=O)C3CC3)ccc2c(=O)c1-c1ccc(Cl)cc1. The minimum atomic E-state index is -0.226. The number of esters is 1. The number of rotatable bonds is 3. The van der Waals surface area contributed by atoms with Crippen molar-refractivity contribution < 1.29 is 13.9 Å². The van der Waals surface area contributed by atoms with Gasteiger partial charge in [0.15, 0.2) is 0 Å². The highest BCUT2D eigenvalue weighted by Crippen LogP contribution is 2.32. The van der Waals surface area contributed by atoms with Gasteiger partial charge in [-0.15, -0.1) is 0 Å². The Morgan fingerprint density at radius 3 is 2.56 bits per heavy atom. The molecule has 0 saturated heterocycles. The topological polar surface area (TPSA) is 56.5 Å². The van der Waals surface area contributed by atoms with Crippen molar-refractivity contribution in [3.05, 3.63) is 63.5 Å². The Balaban J connectivity index is 1.78. The highest BCUT2D eigenvalue weighted by Gasteiger charge is 2.31. The maximum atomic E-state index is 12.9. The van der Waals surface area contributed by atoms with Gasteiger partial charge in [0.1, 0.15) is 17.1 Å².